The molecule has 37 heavy (non-hydrogen) atoms. The van der Waals surface area contributed by atoms with E-state index in [1.165, 1.54) is 9.80 Å². The normalized spacial score (nSPS) is 14.0. The second kappa shape index (κ2) is 10.4. The van der Waals surface area contributed by atoms with Crippen molar-refractivity contribution in [2.24, 2.45) is 0 Å². The summed E-state index contributed by atoms with van der Waals surface area (Å²) in [5.74, 6) is -2.33. The van der Waals surface area contributed by atoms with Crippen molar-refractivity contribution in [3.63, 3.8) is 0 Å². The minimum Gasteiger partial charge on any atom is -0.368 e. The highest BCUT2D eigenvalue weighted by atomic mass is 35.5. The first kappa shape index (κ1) is 26.5. The molecule has 0 saturated carbocycles. The summed E-state index contributed by atoms with van der Waals surface area (Å²) in [6.45, 7) is 1.08. The van der Waals surface area contributed by atoms with Gasteiger partial charge < -0.3 is 14.7 Å². The zero-order valence-electron chi connectivity index (χ0n) is 20.1. The Bertz CT molecular complexity index is 1320. The van der Waals surface area contributed by atoms with Gasteiger partial charge in [-0.2, -0.15) is 13.2 Å². The summed E-state index contributed by atoms with van der Waals surface area (Å²) in [4.78, 5) is 29.7. The first-order valence-corrected chi connectivity index (χ1v) is 11.9. The average molecular weight is 534 g/mol. The van der Waals surface area contributed by atoms with E-state index in [1.54, 1.807) is 26.2 Å². The van der Waals surface area contributed by atoms with Crippen LogP contribution in [0.25, 0.3) is 11.1 Å². The number of alkyl halides is 3. The largest absolute Gasteiger partial charge is 0.417 e. The number of carbonyl (C=O) groups is 2. The van der Waals surface area contributed by atoms with E-state index in [-0.39, 0.29) is 19.0 Å². The van der Waals surface area contributed by atoms with Crippen LogP contribution in [0.3, 0.4) is 0 Å². The number of piperazine rings is 1. The van der Waals surface area contributed by atoms with Crippen molar-refractivity contribution in [1.29, 1.82) is 0 Å². The summed E-state index contributed by atoms with van der Waals surface area (Å²) in [5, 5.41) is 0.351. The zero-order chi connectivity index (χ0) is 26.9. The maximum atomic E-state index is 14.2. The van der Waals surface area contributed by atoms with Gasteiger partial charge in [-0.3, -0.25) is 9.59 Å². The van der Waals surface area contributed by atoms with E-state index in [1.807, 2.05) is 35.2 Å². The number of rotatable bonds is 4. The van der Waals surface area contributed by atoms with Crippen molar-refractivity contribution < 1.29 is 27.2 Å². The molecule has 0 bridgehead atoms. The van der Waals surface area contributed by atoms with Crippen LogP contribution < -0.4 is 4.90 Å². The van der Waals surface area contributed by atoms with Crippen molar-refractivity contribution in [2.45, 2.75) is 6.18 Å². The van der Waals surface area contributed by atoms with Crippen molar-refractivity contribution >= 4 is 29.1 Å². The van der Waals surface area contributed by atoms with Gasteiger partial charge in [0.1, 0.15) is 5.82 Å². The Balaban J connectivity index is 1.44. The molecule has 0 N–H and O–H groups in total. The molecule has 194 valence electrons. The first-order chi connectivity index (χ1) is 17.5. The lowest BCUT2D eigenvalue weighted by atomic mass is 10.0. The summed E-state index contributed by atoms with van der Waals surface area (Å²) in [5.41, 5.74) is 0.815. The number of halogens is 5. The molecule has 4 rings (SSSR count). The maximum absolute atomic E-state index is 14.2. The Hall–Kier alpha value is -3.59. The zero-order valence-corrected chi connectivity index (χ0v) is 20.9. The monoisotopic (exact) mass is 533 g/mol. The molecule has 10 heteroatoms. The predicted molar refractivity (Wildman–Crippen MR) is 134 cm³/mol. The highest BCUT2D eigenvalue weighted by Crippen LogP contribution is 2.34. The molecule has 0 atom stereocenters. The summed E-state index contributed by atoms with van der Waals surface area (Å²) in [7, 11) is 3.31. The quantitative estimate of drug-likeness (QED) is 0.396. The van der Waals surface area contributed by atoms with E-state index in [4.69, 9.17) is 11.6 Å². The Labute approximate surface area is 216 Å². The van der Waals surface area contributed by atoms with Crippen LogP contribution in [0.1, 0.15) is 26.3 Å². The Kier molecular flexibility index (Phi) is 7.45. The molecule has 2 amide bonds. The van der Waals surface area contributed by atoms with E-state index in [9.17, 15) is 27.2 Å². The van der Waals surface area contributed by atoms with Crippen molar-refractivity contribution in [2.75, 3.05) is 45.2 Å². The van der Waals surface area contributed by atoms with Gasteiger partial charge in [0.15, 0.2) is 0 Å². The van der Waals surface area contributed by atoms with Gasteiger partial charge in [0, 0.05) is 46.0 Å². The molecular formula is C27H24ClF4N3O2. The van der Waals surface area contributed by atoms with Crippen LogP contribution in [-0.2, 0) is 6.18 Å². The van der Waals surface area contributed by atoms with Crippen LogP contribution in [-0.4, -0.2) is 61.9 Å². The van der Waals surface area contributed by atoms with E-state index < -0.39 is 29.0 Å². The number of carbonyl (C=O) groups excluding carboxylic acids is 2. The Morgan fingerprint density at radius 1 is 0.892 bits per heavy atom. The van der Waals surface area contributed by atoms with Crippen LogP contribution in [0.15, 0.2) is 60.7 Å². The van der Waals surface area contributed by atoms with E-state index in [0.29, 0.717) is 23.7 Å². The summed E-state index contributed by atoms with van der Waals surface area (Å²) in [6, 6.07) is 15.4. The number of benzene rings is 3. The molecule has 1 fully saturated rings. The lowest BCUT2D eigenvalue weighted by Crippen LogP contribution is -2.49. The fourth-order valence-corrected chi connectivity index (χ4v) is 4.54. The smallest absolute Gasteiger partial charge is 0.368 e. The maximum Gasteiger partial charge on any atom is 0.417 e. The van der Waals surface area contributed by atoms with Gasteiger partial charge in [0.2, 0.25) is 0 Å². The van der Waals surface area contributed by atoms with Crippen LogP contribution >= 0.6 is 11.6 Å². The molecule has 0 aliphatic carbocycles. The van der Waals surface area contributed by atoms with E-state index >= 15 is 0 Å². The third-order valence-corrected chi connectivity index (χ3v) is 6.58. The average Bonchev–Trinajstić information content (AvgIpc) is 2.87. The molecule has 0 unspecified atom stereocenters. The van der Waals surface area contributed by atoms with Gasteiger partial charge in [0.05, 0.1) is 21.7 Å². The van der Waals surface area contributed by atoms with Crippen molar-refractivity contribution in [3.05, 3.63) is 88.2 Å². The Morgan fingerprint density at radius 3 is 2.08 bits per heavy atom. The molecule has 0 radical (unpaired) electrons. The lowest BCUT2D eigenvalue weighted by Gasteiger charge is -2.36. The number of amides is 2. The molecule has 3 aromatic carbocycles. The fourth-order valence-electron chi connectivity index (χ4n) is 4.28. The standard InChI is InChI=1S/C27H24ClF4N3O2/c1-33(2)25(36)20-11-8-18(16-22(20)28)17-6-9-19(10-7-17)34-12-14-35(15-13-34)26(37)24-21(27(30,31)32)4-3-5-23(24)29/h3-11,16H,12-15H2,1-2H3. The molecule has 1 saturated heterocycles. The molecule has 1 heterocycles. The molecular weight excluding hydrogens is 510 g/mol. The van der Waals surface area contributed by atoms with Gasteiger partial charge in [-0.1, -0.05) is 35.9 Å². The number of hydrogen-bond donors (Lipinski definition) is 0. The van der Waals surface area contributed by atoms with E-state index in [2.05, 4.69) is 0 Å². The highest BCUT2D eigenvalue weighted by Gasteiger charge is 2.38. The Morgan fingerprint density at radius 2 is 1.51 bits per heavy atom. The molecule has 1 aliphatic heterocycles. The van der Waals surface area contributed by atoms with Crippen LogP contribution in [0.5, 0.6) is 0 Å². The van der Waals surface area contributed by atoms with E-state index in [0.717, 1.165) is 35.0 Å². The van der Waals surface area contributed by atoms with Gasteiger partial charge in [0.25, 0.3) is 11.8 Å². The van der Waals surface area contributed by atoms with Crippen LogP contribution in [0.2, 0.25) is 5.02 Å². The van der Waals surface area contributed by atoms with Crippen molar-refractivity contribution in [1.82, 2.24) is 9.80 Å². The summed E-state index contributed by atoms with van der Waals surface area (Å²) in [6.07, 6.45) is -4.83. The van der Waals surface area contributed by atoms with Crippen LogP contribution in [0, 0.1) is 5.82 Å². The van der Waals surface area contributed by atoms with Gasteiger partial charge in [-0.15, -0.1) is 0 Å². The number of nitrogens with zero attached hydrogens (tertiary/aromatic N) is 3. The third kappa shape index (κ3) is 5.56. The van der Waals surface area contributed by atoms with Crippen molar-refractivity contribution in [3.8, 4) is 11.1 Å². The first-order valence-electron chi connectivity index (χ1n) is 11.5. The van der Waals surface area contributed by atoms with Gasteiger partial charge >= 0.3 is 6.18 Å². The molecule has 3 aromatic rings. The fraction of sp³-hybridized carbons (Fsp3) is 0.259. The van der Waals surface area contributed by atoms with Gasteiger partial charge in [-0.05, 0) is 47.5 Å². The second-order valence-electron chi connectivity index (χ2n) is 8.88. The highest BCUT2D eigenvalue weighted by molar-refractivity contribution is 6.34. The second-order valence-corrected chi connectivity index (χ2v) is 9.29. The number of anilines is 1. The SMILES string of the molecule is CN(C)C(=O)c1ccc(-c2ccc(N3CCN(C(=O)c4c(F)cccc4C(F)(F)F)CC3)cc2)cc1Cl. The molecule has 1 aliphatic rings. The van der Waals surface area contributed by atoms with Crippen LogP contribution in [0.4, 0.5) is 23.2 Å². The minimum absolute atomic E-state index is 0.156. The molecule has 5 nitrogen and oxygen atoms in total. The lowest BCUT2D eigenvalue weighted by molar-refractivity contribution is -0.138. The topological polar surface area (TPSA) is 43.9 Å². The minimum atomic E-state index is -4.83. The predicted octanol–water partition coefficient (Wildman–Crippen LogP) is 5.83. The third-order valence-electron chi connectivity index (χ3n) is 6.27. The van der Waals surface area contributed by atoms with Gasteiger partial charge in [-0.25, -0.2) is 4.39 Å². The molecule has 0 aromatic heterocycles. The summed E-state index contributed by atoms with van der Waals surface area (Å²) < 4.78 is 54.2. The summed E-state index contributed by atoms with van der Waals surface area (Å²) >= 11 is 6.33. The number of hydrogen-bond acceptors (Lipinski definition) is 3. The molecule has 0 spiro atoms.